The van der Waals surface area contributed by atoms with Crippen molar-refractivity contribution in [3.05, 3.63) is 24.2 Å². The van der Waals surface area contributed by atoms with Crippen LogP contribution < -0.4 is 0 Å². The van der Waals surface area contributed by atoms with Crippen LogP contribution >= 0.6 is 0 Å². The maximum atomic E-state index is 12.1. The minimum Gasteiger partial charge on any atom is -0.472 e. The second kappa shape index (κ2) is 3.70. The van der Waals surface area contributed by atoms with Crippen molar-refractivity contribution in [1.82, 2.24) is 0 Å². The first-order chi connectivity index (χ1) is 8.09. The van der Waals surface area contributed by atoms with Gasteiger partial charge in [0.15, 0.2) is 15.6 Å². The molecule has 4 nitrogen and oxygen atoms in total. The zero-order valence-corrected chi connectivity index (χ0v) is 10.2. The number of hydrogen-bond acceptors (Lipinski definition) is 4. The van der Waals surface area contributed by atoms with E-state index < -0.39 is 9.84 Å². The molecule has 2 unspecified atom stereocenters. The number of rotatable bonds is 2. The molecule has 3 heterocycles. The van der Waals surface area contributed by atoms with Crippen molar-refractivity contribution in [2.45, 2.75) is 36.2 Å². The van der Waals surface area contributed by atoms with Gasteiger partial charge in [-0.3, -0.25) is 4.79 Å². The summed E-state index contributed by atoms with van der Waals surface area (Å²) in [7, 11) is -2.94. The summed E-state index contributed by atoms with van der Waals surface area (Å²) in [5, 5.41) is -0.579. The lowest BCUT2D eigenvalue weighted by Gasteiger charge is -2.26. The third-order valence-electron chi connectivity index (χ3n) is 4.01. The fraction of sp³-hybridized carbons (Fsp3) is 0.583. The van der Waals surface area contributed by atoms with Crippen LogP contribution in [0.3, 0.4) is 0 Å². The molecule has 0 aromatic carbocycles. The summed E-state index contributed by atoms with van der Waals surface area (Å²) in [6.07, 6.45) is 5.34. The highest BCUT2D eigenvalue weighted by molar-refractivity contribution is 7.93. The largest absolute Gasteiger partial charge is 0.472 e. The van der Waals surface area contributed by atoms with Gasteiger partial charge in [-0.1, -0.05) is 0 Å². The van der Waals surface area contributed by atoms with Crippen molar-refractivity contribution in [2.24, 2.45) is 5.92 Å². The molecule has 0 N–H and O–H groups in total. The Morgan fingerprint density at radius 2 is 1.88 bits per heavy atom. The number of fused-ring (bicyclic) bond motifs is 2. The van der Waals surface area contributed by atoms with E-state index in [1.807, 2.05) is 0 Å². The molecule has 1 aromatic heterocycles. The second-order valence-corrected chi connectivity index (χ2v) is 7.47. The molecule has 2 aliphatic rings. The van der Waals surface area contributed by atoms with Crippen molar-refractivity contribution in [2.75, 3.05) is 0 Å². The molecule has 2 saturated heterocycles. The van der Waals surface area contributed by atoms with Gasteiger partial charge in [-0.25, -0.2) is 8.42 Å². The summed E-state index contributed by atoms with van der Waals surface area (Å²) in [5.74, 6) is -0.112. The predicted molar refractivity (Wildman–Crippen MR) is 61.5 cm³/mol. The van der Waals surface area contributed by atoms with Crippen LogP contribution in [0.25, 0.3) is 0 Å². The highest BCUT2D eigenvalue weighted by Gasteiger charge is 2.48. The number of ketones is 1. The quantitative estimate of drug-likeness (QED) is 0.755. The van der Waals surface area contributed by atoms with Crippen LogP contribution in [0.15, 0.2) is 23.0 Å². The zero-order valence-electron chi connectivity index (χ0n) is 9.33. The van der Waals surface area contributed by atoms with Crippen LogP contribution in [-0.4, -0.2) is 24.7 Å². The van der Waals surface area contributed by atoms with Gasteiger partial charge in [-0.05, 0) is 31.7 Å². The molecule has 5 heteroatoms. The molecular formula is C12H14O4S. The average Bonchev–Trinajstić information content (AvgIpc) is 2.82. The molecule has 2 aliphatic heterocycles. The summed E-state index contributed by atoms with van der Waals surface area (Å²) < 4.78 is 28.7. The summed E-state index contributed by atoms with van der Waals surface area (Å²) in [4.78, 5) is 12.1. The van der Waals surface area contributed by atoms with Crippen LogP contribution in [0.1, 0.15) is 36.0 Å². The van der Waals surface area contributed by atoms with Gasteiger partial charge < -0.3 is 4.42 Å². The molecule has 0 aliphatic carbocycles. The van der Waals surface area contributed by atoms with E-state index in [4.69, 9.17) is 4.42 Å². The number of furan rings is 1. The van der Waals surface area contributed by atoms with E-state index in [2.05, 4.69) is 0 Å². The van der Waals surface area contributed by atoms with Crippen molar-refractivity contribution >= 4 is 15.6 Å². The number of Topliss-reactive ketones (excluding diaryl/α,β-unsaturated/α-hetero) is 1. The molecule has 2 bridgehead atoms. The van der Waals surface area contributed by atoms with Crippen molar-refractivity contribution < 1.29 is 17.6 Å². The fourth-order valence-electron chi connectivity index (χ4n) is 3.06. The van der Waals surface area contributed by atoms with Gasteiger partial charge in [0.25, 0.3) is 0 Å². The van der Waals surface area contributed by atoms with E-state index in [0.717, 1.165) is 12.8 Å². The summed E-state index contributed by atoms with van der Waals surface area (Å²) in [6, 6.07) is 1.65. The summed E-state index contributed by atoms with van der Waals surface area (Å²) in [6.45, 7) is 0. The van der Waals surface area contributed by atoms with Gasteiger partial charge in [0.2, 0.25) is 0 Å². The average molecular weight is 254 g/mol. The number of hydrogen-bond donors (Lipinski definition) is 0. The van der Waals surface area contributed by atoms with Gasteiger partial charge in [0.1, 0.15) is 6.26 Å². The predicted octanol–water partition coefficient (Wildman–Crippen LogP) is 1.82. The maximum absolute atomic E-state index is 12.1. The van der Waals surface area contributed by atoms with Gasteiger partial charge in [0, 0.05) is 5.92 Å². The van der Waals surface area contributed by atoms with Crippen LogP contribution in [0.2, 0.25) is 0 Å². The second-order valence-electron chi connectivity index (χ2n) is 4.95. The molecule has 0 spiro atoms. The first kappa shape index (κ1) is 11.0. The Morgan fingerprint density at radius 3 is 2.41 bits per heavy atom. The smallest absolute Gasteiger partial charge is 0.169 e. The molecule has 0 radical (unpaired) electrons. The first-order valence-electron chi connectivity index (χ1n) is 5.88. The molecule has 17 heavy (non-hydrogen) atoms. The molecule has 92 valence electrons. The van der Waals surface area contributed by atoms with Crippen LogP contribution in [-0.2, 0) is 9.84 Å². The molecule has 2 atom stereocenters. The van der Waals surface area contributed by atoms with Gasteiger partial charge in [-0.15, -0.1) is 0 Å². The summed E-state index contributed by atoms with van der Waals surface area (Å²) in [5.41, 5.74) is 0.564. The zero-order chi connectivity index (χ0) is 12.0. The fourth-order valence-corrected chi connectivity index (χ4v) is 5.54. The standard InChI is InChI=1S/C12H14O4S/c13-12(8-3-4-16-7-8)9-5-10-1-2-11(6-9)17(10,14)15/h3-4,7,9-11H,1-2,5-6H2. The first-order valence-corrected chi connectivity index (χ1v) is 7.49. The highest BCUT2D eigenvalue weighted by atomic mass is 32.2. The topological polar surface area (TPSA) is 64.3 Å². The van der Waals surface area contributed by atoms with Gasteiger partial charge in [-0.2, -0.15) is 0 Å². The van der Waals surface area contributed by atoms with E-state index in [0.29, 0.717) is 18.4 Å². The molecular weight excluding hydrogens is 240 g/mol. The van der Waals surface area contributed by atoms with E-state index in [9.17, 15) is 13.2 Å². The Hall–Kier alpha value is -1.10. The van der Waals surface area contributed by atoms with E-state index in [1.165, 1.54) is 12.5 Å². The Morgan fingerprint density at radius 1 is 1.24 bits per heavy atom. The number of carbonyl (C=O) groups excluding carboxylic acids is 1. The Labute approximate surface area is 99.9 Å². The van der Waals surface area contributed by atoms with Crippen LogP contribution in [0.5, 0.6) is 0 Å². The molecule has 2 fully saturated rings. The van der Waals surface area contributed by atoms with Crippen molar-refractivity contribution in [3.63, 3.8) is 0 Å². The minimum absolute atomic E-state index is 0.0329. The van der Waals surface area contributed by atoms with Crippen LogP contribution in [0.4, 0.5) is 0 Å². The SMILES string of the molecule is O=C(c1ccoc1)C1CC2CCC(C1)S2(=O)=O. The Balaban J connectivity index is 1.83. The minimum atomic E-state index is -2.94. The molecule has 1 aromatic rings. The third kappa shape index (κ3) is 1.64. The highest BCUT2D eigenvalue weighted by Crippen LogP contribution is 2.42. The number of sulfone groups is 1. The van der Waals surface area contributed by atoms with E-state index in [1.54, 1.807) is 6.07 Å². The Bertz CT molecular complexity index is 509. The molecule has 0 amide bonds. The van der Waals surface area contributed by atoms with E-state index in [-0.39, 0.29) is 22.2 Å². The summed E-state index contributed by atoms with van der Waals surface area (Å²) >= 11 is 0. The van der Waals surface area contributed by atoms with Crippen molar-refractivity contribution in [1.29, 1.82) is 0 Å². The van der Waals surface area contributed by atoms with Gasteiger partial charge >= 0.3 is 0 Å². The third-order valence-corrected chi connectivity index (χ3v) is 6.73. The lowest BCUT2D eigenvalue weighted by Crippen LogP contribution is -2.36. The monoisotopic (exact) mass is 254 g/mol. The Kier molecular flexibility index (Phi) is 2.40. The maximum Gasteiger partial charge on any atom is 0.169 e. The lowest BCUT2D eigenvalue weighted by molar-refractivity contribution is 0.0905. The lowest BCUT2D eigenvalue weighted by atomic mass is 9.91. The van der Waals surface area contributed by atoms with Crippen LogP contribution in [0, 0.1) is 5.92 Å². The van der Waals surface area contributed by atoms with E-state index >= 15 is 0 Å². The normalized spacial score (nSPS) is 34.7. The molecule has 3 rings (SSSR count). The molecule has 0 saturated carbocycles. The number of carbonyl (C=O) groups is 1. The van der Waals surface area contributed by atoms with Crippen molar-refractivity contribution in [3.8, 4) is 0 Å². The van der Waals surface area contributed by atoms with Gasteiger partial charge in [0.05, 0.1) is 22.3 Å².